The Morgan fingerprint density at radius 2 is 1.60 bits per heavy atom. The molecule has 1 amide bonds. The molecule has 6 rings (SSSR count). The van der Waals surface area contributed by atoms with Gasteiger partial charge in [-0.25, -0.2) is 23.4 Å². The lowest BCUT2D eigenvalue weighted by molar-refractivity contribution is -0.193. The molecular weight excluding hydrogens is 867 g/mol. The van der Waals surface area contributed by atoms with E-state index in [1.165, 1.54) is 41.7 Å². The van der Waals surface area contributed by atoms with E-state index in [9.17, 15) is 50.5 Å². The number of pyridine rings is 1. The molecule has 0 saturated carbocycles. The van der Waals surface area contributed by atoms with E-state index < -0.39 is 47.6 Å². The van der Waals surface area contributed by atoms with Gasteiger partial charge in [-0.15, -0.1) is 11.3 Å². The van der Waals surface area contributed by atoms with Crippen molar-refractivity contribution in [1.29, 1.82) is 0 Å². The number of aliphatic hydroxyl groups excluding tert-OH is 1. The Morgan fingerprint density at radius 1 is 0.968 bits per heavy atom. The number of fused-ring (bicyclic) bond motifs is 1. The lowest BCUT2D eigenvalue weighted by Gasteiger charge is -2.47. The number of benzene rings is 2. The molecule has 4 aromatic rings. The van der Waals surface area contributed by atoms with Crippen LogP contribution in [0.5, 0.6) is 5.75 Å². The van der Waals surface area contributed by atoms with E-state index in [4.69, 9.17) is 24.5 Å². The normalized spacial score (nSPS) is 16.0. The first kappa shape index (κ1) is 49.4. The summed E-state index contributed by atoms with van der Waals surface area (Å²) in [5, 5.41) is 41.5. The van der Waals surface area contributed by atoms with Gasteiger partial charge in [0.1, 0.15) is 23.1 Å². The molecular formula is C39H43F8N5O9S. The number of piperidine rings is 1. The molecule has 2 aromatic carbocycles. The average molecular weight is 910 g/mol. The quantitative estimate of drug-likeness (QED) is 0.0834. The van der Waals surface area contributed by atoms with Crippen LogP contribution in [0.4, 0.5) is 35.1 Å². The van der Waals surface area contributed by atoms with Crippen molar-refractivity contribution < 1.29 is 74.7 Å². The third kappa shape index (κ3) is 13.1. The number of hydrogen-bond acceptors (Lipinski definition) is 11. The van der Waals surface area contributed by atoms with Crippen molar-refractivity contribution in [1.82, 2.24) is 25.1 Å². The van der Waals surface area contributed by atoms with E-state index in [0.29, 0.717) is 74.4 Å². The van der Waals surface area contributed by atoms with Crippen LogP contribution < -0.4 is 10.9 Å². The number of hydrogen-bond donors (Lipinski definition) is 6. The summed E-state index contributed by atoms with van der Waals surface area (Å²) in [4.78, 5) is 53.8. The van der Waals surface area contributed by atoms with Crippen LogP contribution in [0, 0.1) is 11.6 Å². The van der Waals surface area contributed by atoms with Crippen molar-refractivity contribution in [2.45, 2.75) is 69.6 Å². The topological polar surface area (TPSA) is 206 Å². The molecule has 2 saturated heterocycles. The molecule has 0 unspecified atom stereocenters. The minimum absolute atomic E-state index is 0.0111. The number of aromatic hydroxyl groups is 1. The number of carboxylic acid groups (broad SMARTS) is 2. The zero-order valence-electron chi connectivity index (χ0n) is 33.1. The zero-order valence-corrected chi connectivity index (χ0v) is 33.9. The minimum atomic E-state index is -5.08. The van der Waals surface area contributed by atoms with Crippen molar-refractivity contribution in [2.75, 3.05) is 45.9 Å². The maximum Gasteiger partial charge on any atom is 0.490 e. The highest BCUT2D eigenvalue weighted by atomic mass is 32.1. The van der Waals surface area contributed by atoms with Gasteiger partial charge in [0.15, 0.2) is 0 Å². The summed E-state index contributed by atoms with van der Waals surface area (Å²) in [6.07, 6.45) is -9.68. The van der Waals surface area contributed by atoms with Gasteiger partial charge in [-0.1, -0.05) is 26.0 Å². The Kier molecular flexibility index (Phi) is 16.5. The van der Waals surface area contributed by atoms with Crippen molar-refractivity contribution in [3.05, 3.63) is 91.2 Å². The van der Waals surface area contributed by atoms with E-state index in [1.807, 2.05) is 10.3 Å². The summed E-state index contributed by atoms with van der Waals surface area (Å²) in [6.45, 7) is 7.55. The van der Waals surface area contributed by atoms with Gasteiger partial charge in [0, 0.05) is 66.6 Å². The van der Waals surface area contributed by atoms with Crippen LogP contribution in [0.25, 0.3) is 10.9 Å². The molecule has 14 nitrogen and oxygen atoms in total. The fraction of sp³-hybridized carbons (Fsp3) is 0.462. The van der Waals surface area contributed by atoms with Gasteiger partial charge >= 0.3 is 24.3 Å². The van der Waals surface area contributed by atoms with E-state index in [-0.39, 0.29) is 53.7 Å². The maximum absolute atomic E-state index is 15.6. The Hall–Kier alpha value is -5.23. The Labute approximate surface area is 351 Å². The molecule has 62 heavy (non-hydrogen) atoms. The summed E-state index contributed by atoms with van der Waals surface area (Å²) in [5.41, 5.74) is 0.806. The van der Waals surface area contributed by atoms with E-state index in [2.05, 4.69) is 34.0 Å². The number of likely N-dealkylation sites (tertiary alicyclic amines) is 1. The molecule has 23 heteroatoms. The second kappa shape index (κ2) is 20.8. The number of ether oxygens (including phenoxy) is 1. The van der Waals surface area contributed by atoms with Crippen molar-refractivity contribution >= 4 is 40.1 Å². The minimum Gasteiger partial charge on any atom is -0.506 e. The fourth-order valence-corrected chi connectivity index (χ4v) is 7.41. The van der Waals surface area contributed by atoms with Crippen LogP contribution in [0.3, 0.4) is 0 Å². The summed E-state index contributed by atoms with van der Waals surface area (Å²) >= 11 is 1.51. The highest BCUT2D eigenvalue weighted by Gasteiger charge is 2.42. The third-order valence-electron chi connectivity index (χ3n) is 9.84. The zero-order chi connectivity index (χ0) is 46.2. The number of aliphatic carboxylic acids is 2. The Morgan fingerprint density at radius 3 is 2.18 bits per heavy atom. The second-order valence-corrected chi connectivity index (χ2v) is 15.5. The van der Waals surface area contributed by atoms with Crippen LogP contribution >= 0.6 is 11.3 Å². The first-order chi connectivity index (χ1) is 28.9. The lowest BCUT2D eigenvalue weighted by Crippen LogP contribution is -2.58. The number of carbonyl (C=O) groups is 3. The first-order valence-corrected chi connectivity index (χ1v) is 19.7. The summed E-state index contributed by atoms with van der Waals surface area (Å²) < 4.78 is 100. The molecule has 1 atom stereocenters. The molecule has 6 N–H and O–H groups in total. The molecule has 340 valence electrons. The van der Waals surface area contributed by atoms with Gasteiger partial charge in [0.05, 0.1) is 35.4 Å². The maximum atomic E-state index is 15.6. The molecule has 0 bridgehead atoms. The van der Waals surface area contributed by atoms with E-state index in [1.54, 1.807) is 6.07 Å². The number of morpholine rings is 1. The number of H-pyrrole nitrogens is 1. The van der Waals surface area contributed by atoms with Crippen molar-refractivity contribution in [2.24, 2.45) is 0 Å². The van der Waals surface area contributed by atoms with Gasteiger partial charge in [0.2, 0.25) is 5.56 Å². The summed E-state index contributed by atoms with van der Waals surface area (Å²) in [7, 11) is 0. The van der Waals surface area contributed by atoms with Gasteiger partial charge in [-0.2, -0.15) is 26.3 Å². The largest absolute Gasteiger partial charge is 0.506 e. The number of alkyl halides is 6. The Balaban J connectivity index is 0.000000521. The van der Waals surface area contributed by atoms with Gasteiger partial charge < -0.3 is 40.4 Å². The molecule has 0 aliphatic carbocycles. The highest BCUT2D eigenvalue weighted by Crippen LogP contribution is 2.33. The molecule has 4 heterocycles. The van der Waals surface area contributed by atoms with Crippen molar-refractivity contribution in [3.8, 4) is 5.75 Å². The van der Waals surface area contributed by atoms with E-state index in [0.717, 1.165) is 5.01 Å². The smallest absolute Gasteiger partial charge is 0.490 e. The molecule has 2 aromatic heterocycles. The standard InChI is InChI=1S/C35H41F2N5O5S.2C2HF3O2/c1-21(2)33-39-27(19-48-33)34(46)42-15-16-47-35(20-42)10-13-41(14-11-35)18-22-3-6-26(36)25(31(22)37)9-12-38-17-29(44)23-4-7-28(43)32-24(23)5-8-30(45)40-32;2*3-2(4,5)1(6)7/h3-8,19,21,29,38,43-44H,9-18,20H2,1-2H3,(H,40,45);2*(H,6,7)/t29-;;/m0../s1. The number of aromatic amines is 1. The highest BCUT2D eigenvalue weighted by molar-refractivity contribution is 7.09. The molecule has 2 aliphatic rings. The van der Waals surface area contributed by atoms with Crippen LogP contribution in [-0.2, 0) is 27.3 Å². The number of aliphatic hydroxyl groups is 1. The number of nitrogens with one attached hydrogen (secondary N) is 2. The number of carboxylic acids is 2. The number of halogens is 8. The SMILES string of the molecule is CC(C)c1nc(C(=O)N2CCOC3(CCN(Cc4ccc(F)c(CCNC[C@H](O)c5ccc(O)c6[nH]c(=O)ccc56)c4F)CC3)C2)cs1.O=C(O)C(F)(F)F.O=C(O)C(F)(F)F. The van der Waals surface area contributed by atoms with Crippen LogP contribution in [0.15, 0.2) is 46.6 Å². The van der Waals surface area contributed by atoms with Crippen LogP contribution in [0.2, 0.25) is 0 Å². The number of phenols is 1. The predicted octanol–water partition coefficient (Wildman–Crippen LogP) is 5.73. The van der Waals surface area contributed by atoms with Crippen LogP contribution in [0.1, 0.15) is 70.9 Å². The second-order valence-electron chi connectivity index (χ2n) is 14.6. The fourth-order valence-electron chi connectivity index (χ4n) is 6.60. The average Bonchev–Trinajstić information content (AvgIpc) is 3.70. The molecule has 2 aliphatic heterocycles. The third-order valence-corrected chi connectivity index (χ3v) is 11.0. The summed E-state index contributed by atoms with van der Waals surface area (Å²) in [5.74, 6) is -6.61. The van der Waals surface area contributed by atoms with Gasteiger partial charge in [-0.05, 0) is 49.6 Å². The monoisotopic (exact) mass is 909 g/mol. The molecule has 2 fully saturated rings. The van der Waals surface area contributed by atoms with Crippen LogP contribution in [-0.4, -0.2) is 122 Å². The number of aromatic nitrogens is 2. The Bertz CT molecular complexity index is 2240. The predicted molar refractivity (Wildman–Crippen MR) is 207 cm³/mol. The summed E-state index contributed by atoms with van der Waals surface area (Å²) in [6, 6.07) is 8.63. The molecule has 1 spiro atoms. The number of phenolic OH excluding ortho intramolecular Hbond substituents is 1. The van der Waals surface area contributed by atoms with Crippen molar-refractivity contribution in [3.63, 3.8) is 0 Å². The van der Waals surface area contributed by atoms with Gasteiger partial charge in [0.25, 0.3) is 5.91 Å². The number of thiazole rings is 1. The van der Waals surface area contributed by atoms with E-state index >= 15 is 4.39 Å². The van der Waals surface area contributed by atoms with Gasteiger partial charge in [-0.3, -0.25) is 14.5 Å². The lowest BCUT2D eigenvalue weighted by atomic mass is 9.89. The number of amides is 1. The number of rotatable bonds is 10. The first-order valence-electron chi connectivity index (χ1n) is 18.8. The number of carbonyl (C=O) groups excluding carboxylic acids is 1. The molecule has 0 radical (unpaired) electrons. The number of nitrogens with zero attached hydrogens (tertiary/aromatic N) is 3.